The number of benzene rings is 2. The molecule has 2 aromatic carbocycles. The van der Waals surface area contributed by atoms with E-state index in [9.17, 15) is 18.7 Å². The van der Waals surface area contributed by atoms with E-state index in [0.29, 0.717) is 5.69 Å². The number of pyridine rings is 1. The van der Waals surface area contributed by atoms with Gasteiger partial charge in [-0.15, -0.1) is 0 Å². The van der Waals surface area contributed by atoms with Crippen LogP contribution in [0.4, 0.5) is 20.2 Å². The zero-order valence-corrected chi connectivity index (χ0v) is 15.4. The predicted molar refractivity (Wildman–Crippen MR) is 103 cm³/mol. The molecule has 9 heteroatoms. The SMILES string of the molecule is Cc1c(Nc2c(C(=O)NOCC(O)CO)ccc(F)c2F)cnc2ccccc12. The summed E-state index contributed by atoms with van der Waals surface area (Å²) in [6.07, 6.45) is 0.279. The fourth-order valence-electron chi connectivity index (χ4n) is 2.71. The highest BCUT2D eigenvalue weighted by Gasteiger charge is 2.20. The maximum atomic E-state index is 14.5. The van der Waals surface area contributed by atoms with Gasteiger partial charge in [0.05, 0.1) is 35.3 Å². The first kappa shape index (κ1) is 20.6. The minimum Gasteiger partial charge on any atom is -0.394 e. The van der Waals surface area contributed by atoms with E-state index in [4.69, 9.17) is 9.94 Å². The standard InChI is InChI=1S/C20H19F2N3O4/c1-11-13-4-2-3-5-16(13)23-8-17(11)24-19-14(6-7-15(21)18(19)22)20(28)25-29-10-12(27)9-26/h2-8,12,24,26-27H,9-10H2,1H3,(H,25,28). The average Bonchev–Trinajstić information content (AvgIpc) is 2.73. The number of carbonyl (C=O) groups excluding carboxylic acids is 1. The largest absolute Gasteiger partial charge is 0.394 e. The summed E-state index contributed by atoms with van der Waals surface area (Å²) in [6, 6.07) is 9.27. The van der Waals surface area contributed by atoms with Crippen molar-refractivity contribution in [3.05, 3.63) is 65.4 Å². The normalized spacial score (nSPS) is 12.0. The molecule has 0 spiro atoms. The van der Waals surface area contributed by atoms with Crippen molar-refractivity contribution in [2.75, 3.05) is 18.5 Å². The van der Waals surface area contributed by atoms with Crippen molar-refractivity contribution in [2.45, 2.75) is 13.0 Å². The van der Waals surface area contributed by atoms with Crippen molar-refractivity contribution >= 4 is 28.2 Å². The topological polar surface area (TPSA) is 104 Å². The van der Waals surface area contributed by atoms with Gasteiger partial charge in [0.1, 0.15) is 12.7 Å². The van der Waals surface area contributed by atoms with Gasteiger partial charge >= 0.3 is 0 Å². The summed E-state index contributed by atoms with van der Waals surface area (Å²) >= 11 is 0. The second-order valence-corrected chi connectivity index (χ2v) is 6.30. The van der Waals surface area contributed by atoms with Crippen LogP contribution in [-0.4, -0.2) is 40.4 Å². The van der Waals surface area contributed by atoms with Crippen LogP contribution in [0.2, 0.25) is 0 Å². The third kappa shape index (κ3) is 4.48. The zero-order chi connectivity index (χ0) is 21.0. The molecule has 0 saturated heterocycles. The zero-order valence-electron chi connectivity index (χ0n) is 15.4. The number of rotatable bonds is 7. The maximum Gasteiger partial charge on any atom is 0.277 e. The Morgan fingerprint density at radius 3 is 2.76 bits per heavy atom. The Balaban J connectivity index is 1.92. The van der Waals surface area contributed by atoms with Crippen molar-refractivity contribution < 1.29 is 28.6 Å². The molecule has 152 valence electrons. The lowest BCUT2D eigenvalue weighted by atomic mass is 10.1. The molecule has 1 atom stereocenters. The number of aryl methyl sites for hydroxylation is 1. The number of halogens is 2. The molecule has 29 heavy (non-hydrogen) atoms. The number of carbonyl (C=O) groups is 1. The van der Waals surface area contributed by atoms with Gasteiger partial charge in [-0.1, -0.05) is 18.2 Å². The van der Waals surface area contributed by atoms with Crippen LogP contribution in [0.1, 0.15) is 15.9 Å². The smallest absolute Gasteiger partial charge is 0.277 e. The number of aromatic nitrogens is 1. The number of anilines is 2. The second kappa shape index (κ2) is 8.91. The molecule has 0 saturated carbocycles. The Morgan fingerprint density at radius 2 is 2.00 bits per heavy atom. The van der Waals surface area contributed by atoms with Crippen LogP contribution in [0.5, 0.6) is 0 Å². The van der Waals surface area contributed by atoms with Gasteiger partial charge in [0, 0.05) is 5.39 Å². The number of nitrogens with one attached hydrogen (secondary N) is 2. The second-order valence-electron chi connectivity index (χ2n) is 6.30. The fraction of sp³-hybridized carbons (Fsp3) is 0.200. The summed E-state index contributed by atoms with van der Waals surface area (Å²) < 4.78 is 28.3. The molecule has 0 aliphatic heterocycles. The predicted octanol–water partition coefficient (Wildman–Crippen LogP) is 2.58. The third-order valence-electron chi connectivity index (χ3n) is 4.30. The molecule has 4 N–H and O–H groups in total. The number of nitrogens with zero attached hydrogens (tertiary/aromatic N) is 1. The first-order chi connectivity index (χ1) is 13.9. The lowest BCUT2D eigenvalue weighted by molar-refractivity contribution is -0.0295. The number of fused-ring (bicyclic) bond motifs is 1. The molecule has 0 aliphatic carbocycles. The molecule has 0 fully saturated rings. The highest BCUT2D eigenvalue weighted by Crippen LogP contribution is 2.30. The Kier molecular flexibility index (Phi) is 6.32. The number of amides is 1. The summed E-state index contributed by atoms with van der Waals surface area (Å²) in [7, 11) is 0. The van der Waals surface area contributed by atoms with Gasteiger partial charge in [-0.25, -0.2) is 14.3 Å². The average molecular weight is 403 g/mol. The first-order valence-electron chi connectivity index (χ1n) is 8.72. The Morgan fingerprint density at radius 1 is 1.24 bits per heavy atom. The summed E-state index contributed by atoms with van der Waals surface area (Å²) in [5.41, 5.74) is 3.32. The maximum absolute atomic E-state index is 14.5. The highest BCUT2D eigenvalue weighted by atomic mass is 19.2. The van der Waals surface area contributed by atoms with Crippen LogP contribution < -0.4 is 10.8 Å². The molecule has 1 aromatic heterocycles. The Labute approximate surface area is 164 Å². The van der Waals surface area contributed by atoms with Crippen LogP contribution in [0, 0.1) is 18.6 Å². The van der Waals surface area contributed by atoms with E-state index in [2.05, 4.69) is 10.3 Å². The summed E-state index contributed by atoms with van der Waals surface area (Å²) in [6.45, 7) is 0.868. The fourth-order valence-corrected chi connectivity index (χ4v) is 2.71. The number of hydroxylamine groups is 1. The quantitative estimate of drug-likeness (QED) is 0.452. The summed E-state index contributed by atoms with van der Waals surface area (Å²) in [5.74, 6) is -3.23. The minimum atomic E-state index is -1.24. The molecular formula is C20H19F2N3O4. The number of hydrogen-bond donors (Lipinski definition) is 4. The van der Waals surface area contributed by atoms with Gasteiger partial charge in [0.15, 0.2) is 11.6 Å². The van der Waals surface area contributed by atoms with Crippen LogP contribution in [0.3, 0.4) is 0 Å². The summed E-state index contributed by atoms with van der Waals surface area (Å²) in [5, 5.41) is 21.5. The van der Waals surface area contributed by atoms with Crippen molar-refractivity contribution in [2.24, 2.45) is 0 Å². The van der Waals surface area contributed by atoms with Crippen molar-refractivity contribution in [1.82, 2.24) is 10.5 Å². The van der Waals surface area contributed by atoms with Crippen LogP contribution >= 0.6 is 0 Å². The van der Waals surface area contributed by atoms with Crippen LogP contribution in [0.15, 0.2) is 42.6 Å². The van der Waals surface area contributed by atoms with E-state index in [1.165, 1.54) is 6.20 Å². The molecule has 1 amide bonds. The molecular weight excluding hydrogens is 384 g/mol. The molecule has 0 bridgehead atoms. The molecule has 7 nitrogen and oxygen atoms in total. The van der Waals surface area contributed by atoms with Gasteiger partial charge in [0.25, 0.3) is 5.91 Å². The Hall–Kier alpha value is -3.14. The van der Waals surface area contributed by atoms with E-state index in [-0.39, 0.29) is 17.9 Å². The van der Waals surface area contributed by atoms with Gasteiger partial charge in [0.2, 0.25) is 0 Å². The highest BCUT2D eigenvalue weighted by molar-refractivity contribution is 6.00. The van der Waals surface area contributed by atoms with E-state index >= 15 is 0 Å². The molecule has 3 rings (SSSR count). The number of hydrogen-bond acceptors (Lipinski definition) is 6. The molecule has 1 unspecified atom stereocenters. The van der Waals surface area contributed by atoms with Gasteiger partial charge in [-0.05, 0) is 30.7 Å². The van der Waals surface area contributed by atoms with E-state index in [1.54, 1.807) is 6.92 Å². The minimum absolute atomic E-state index is 0.213. The van der Waals surface area contributed by atoms with Crippen LogP contribution in [0.25, 0.3) is 10.9 Å². The lowest BCUT2D eigenvalue weighted by Crippen LogP contribution is -2.30. The van der Waals surface area contributed by atoms with Gasteiger partial charge in [-0.3, -0.25) is 14.6 Å². The molecule has 3 aromatic rings. The molecule has 1 heterocycles. The lowest BCUT2D eigenvalue weighted by Gasteiger charge is -2.16. The van der Waals surface area contributed by atoms with Crippen molar-refractivity contribution in [3.63, 3.8) is 0 Å². The number of aliphatic hydroxyl groups excluding tert-OH is 2. The van der Waals surface area contributed by atoms with E-state index in [0.717, 1.165) is 28.6 Å². The van der Waals surface area contributed by atoms with Crippen molar-refractivity contribution in [3.8, 4) is 0 Å². The van der Waals surface area contributed by atoms with Gasteiger partial charge in [-0.2, -0.15) is 0 Å². The Bertz CT molecular complexity index is 1050. The number of para-hydroxylation sites is 1. The van der Waals surface area contributed by atoms with Gasteiger partial charge < -0.3 is 15.5 Å². The van der Waals surface area contributed by atoms with E-state index < -0.39 is 30.3 Å². The molecule has 0 radical (unpaired) electrons. The summed E-state index contributed by atoms with van der Waals surface area (Å²) in [4.78, 5) is 21.4. The monoisotopic (exact) mass is 403 g/mol. The van der Waals surface area contributed by atoms with E-state index in [1.807, 2.05) is 29.7 Å². The van der Waals surface area contributed by atoms with Crippen molar-refractivity contribution in [1.29, 1.82) is 0 Å². The number of aliphatic hydroxyl groups is 2. The van der Waals surface area contributed by atoms with Crippen LogP contribution in [-0.2, 0) is 4.84 Å². The third-order valence-corrected chi connectivity index (χ3v) is 4.30. The first-order valence-corrected chi connectivity index (χ1v) is 8.72. The molecule has 0 aliphatic rings.